The molecule has 0 spiro atoms. The molecule has 0 atom stereocenters. The molecule has 0 saturated heterocycles. The summed E-state index contributed by atoms with van der Waals surface area (Å²) < 4.78 is 1.36. The molecule has 0 saturated carbocycles. The van der Waals surface area contributed by atoms with Gasteiger partial charge in [-0.3, -0.25) is 9.59 Å². The lowest BCUT2D eigenvalue weighted by molar-refractivity contribution is 0.102. The van der Waals surface area contributed by atoms with Crippen molar-refractivity contribution < 1.29 is 4.79 Å². The molecule has 5 heteroatoms. The molecule has 1 aromatic heterocycles. The minimum absolute atomic E-state index is 0.134. The molecule has 1 heterocycles. The summed E-state index contributed by atoms with van der Waals surface area (Å²) in [6.45, 7) is 7.70. The zero-order valence-electron chi connectivity index (χ0n) is 14.8. The van der Waals surface area contributed by atoms with Gasteiger partial charge >= 0.3 is 0 Å². The Morgan fingerprint density at radius 2 is 1.64 bits per heavy atom. The largest absolute Gasteiger partial charge is 0.321 e. The third-order valence-corrected chi connectivity index (χ3v) is 4.01. The highest BCUT2D eigenvalue weighted by Crippen LogP contribution is 2.18. The number of aromatic nitrogens is 2. The fourth-order valence-electron chi connectivity index (χ4n) is 2.96. The van der Waals surface area contributed by atoms with Crippen molar-refractivity contribution in [3.05, 3.63) is 69.6 Å². The van der Waals surface area contributed by atoms with Crippen molar-refractivity contribution in [1.82, 2.24) is 9.78 Å². The first-order valence-corrected chi connectivity index (χ1v) is 8.28. The number of nitrogens with one attached hydrogen (secondary N) is 1. The fraction of sp³-hybridized carbons (Fsp3) is 0.250. The normalized spacial score (nSPS) is 11.1. The molecule has 5 nitrogen and oxygen atoms in total. The summed E-state index contributed by atoms with van der Waals surface area (Å²) in [7, 11) is 0. The summed E-state index contributed by atoms with van der Waals surface area (Å²) >= 11 is 0. The SMILES string of the molecule is Cc1cc(C)cc(NC(=O)c2nn(C(C)C)c(=O)c3ccccc23)c1. The summed E-state index contributed by atoms with van der Waals surface area (Å²) in [5.74, 6) is -0.324. The smallest absolute Gasteiger partial charge is 0.276 e. The number of hydrogen-bond acceptors (Lipinski definition) is 3. The van der Waals surface area contributed by atoms with Gasteiger partial charge in [0.2, 0.25) is 0 Å². The summed E-state index contributed by atoms with van der Waals surface area (Å²) in [5.41, 5.74) is 2.92. The molecule has 0 aliphatic heterocycles. The van der Waals surface area contributed by atoms with Crippen molar-refractivity contribution >= 4 is 22.4 Å². The Labute approximate surface area is 146 Å². The highest BCUT2D eigenvalue weighted by molar-refractivity contribution is 6.11. The van der Waals surface area contributed by atoms with Crippen LogP contribution in [0.25, 0.3) is 10.8 Å². The molecule has 2 aromatic carbocycles. The lowest BCUT2D eigenvalue weighted by atomic mass is 10.1. The van der Waals surface area contributed by atoms with Gasteiger partial charge in [0, 0.05) is 11.1 Å². The van der Waals surface area contributed by atoms with E-state index in [1.807, 2.05) is 45.9 Å². The van der Waals surface area contributed by atoms with Crippen LogP contribution in [-0.4, -0.2) is 15.7 Å². The van der Waals surface area contributed by atoms with Gasteiger partial charge in [-0.15, -0.1) is 0 Å². The molecule has 1 amide bonds. The van der Waals surface area contributed by atoms with Crippen molar-refractivity contribution in [1.29, 1.82) is 0 Å². The van der Waals surface area contributed by atoms with Gasteiger partial charge < -0.3 is 5.32 Å². The van der Waals surface area contributed by atoms with Crippen molar-refractivity contribution in [2.75, 3.05) is 5.32 Å². The Morgan fingerprint density at radius 1 is 1.04 bits per heavy atom. The molecule has 25 heavy (non-hydrogen) atoms. The van der Waals surface area contributed by atoms with E-state index in [1.165, 1.54) is 4.68 Å². The van der Waals surface area contributed by atoms with Crippen molar-refractivity contribution in [2.24, 2.45) is 0 Å². The molecule has 0 fully saturated rings. The van der Waals surface area contributed by atoms with Crippen LogP contribution in [0.1, 0.15) is 41.5 Å². The minimum Gasteiger partial charge on any atom is -0.321 e. The molecule has 3 aromatic rings. The van der Waals surface area contributed by atoms with E-state index < -0.39 is 0 Å². The van der Waals surface area contributed by atoms with Gasteiger partial charge in [0.1, 0.15) is 0 Å². The number of rotatable bonds is 3. The van der Waals surface area contributed by atoms with Crippen molar-refractivity contribution in [3.8, 4) is 0 Å². The molecule has 128 valence electrons. The summed E-state index contributed by atoms with van der Waals surface area (Å²) in [5, 5.41) is 8.29. The number of aryl methyl sites for hydroxylation is 2. The van der Waals surface area contributed by atoms with Crippen LogP contribution in [-0.2, 0) is 0 Å². The van der Waals surface area contributed by atoms with E-state index in [4.69, 9.17) is 0 Å². The third kappa shape index (κ3) is 3.31. The van der Waals surface area contributed by atoms with Gasteiger partial charge in [0.15, 0.2) is 5.69 Å². The van der Waals surface area contributed by atoms with Gasteiger partial charge in [-0.25, -0.2) is 4.68 Å². The van der Waals surface area contributed by atoms with Gasteiger partial charge in [-0.1, -0.05) is 24.3 Å². The summed E-state index contributed by atoms with van der Waals surface area (Å²) in [6, 6.07) is 12.8. The zero-order valence-corrected chi connectivity index (χ0v) is 14.8. The summed E-state index contributed by atoms with van der Waals surface area (Å²) in [4.78, 5) is 25.4. The van der Waals surface area contributed by atoms with E-state index in [9.17, 15) is 9.59 Å². The van der Waals surface area contributed by atoms with Crippen LogP contribution in [0.15, 0.2) is 47.3 Å². The number of benzene rings is 2. The molecule has 1 N–H and O–H groups in total. The second-order valence-corrected chi connectivity index (χ2v) is 6.57. The molecule has 3 rings (SSSR count). The molecular weight excluding hydrogens is 314 g/mol. The number of anilines is 1. The second-order valence-electron chi connectivity index (χ2n) is 6.57. The number of hydrogen-bond donors (Lipinski definition) is 1. The average Bonchev–Trinajstić information content (AvgIpc) is 2.54. The van der Waals surface area contributed by atoms with E-state index >= 15 is 0 Å². The molecular formula is C20H21N3O2. The van der Waals surface area contributed by atoms with E-state index in [0.29, 0.717) is 10.8 Å². The predicted molar refractivity (Wildman–Crippen MR) is 100 cm³/mol. The maximum atomic E-state index is 12.8. The number of carbonyl (C=O) groups excluding carboxylic acids is 1. The lowest BCUT2D eigenvalue weighted by Crippen LogP contribution is -2.28. The summed E-state index contributed by atoms with van der Waals surface area (Å²) in [6.07, 6.45) is 0. The van der Waals surface area contributed by atoms with Gasteiger partial charge in [-0.2, -0.15) is 5.10 Å². The van der Waals surface area contributed by atoms with Crippen LogP contribution in [0.2, 0.25) is 0 Å². The number of amides is 1. The predicted octanol–water partition coefficient (Wildman–Crippen LogP) is 3.85. The Hall–Kier alpha value is -2.95. The molecule has 0 aliphatic rings. The van der Waals surface area contributed by atoms with Crippen LogP contribution in [0.3, 0.4) is 0 Å². The van der Waals surface area contributed by atoms with Crippen LogP contribution in [0.5, 0.6) is 0 Å². The maximum Gasteiger partial charge on any atom is 0.276 e. The topological polar surface area (TPSA) is 64.0 Å². The maximum absolute atomic E-state index is 12.8. The fourth-order valence-corrected chi connectivity index (χ4v) is 2.96. The number of nitrogens with zero attached hydrogens (tertiary/aromatic N) is 2. The zero-order chi connectivity index (χ0) is 18.1. The highest BCUT2D eigenvalue weighted by atomic mass is 16.2. The first kappa shape index (κ1) is 16.9. The first-order chi connectivity index (χ1) is 11.9. The van der Waals surface area contributed by atoms with Crippen LogP contribution >= 0.6 is 0 Å². The Bertz CT molecular complexity index is 999. The van der Waals surface area contributed by atoms with Gasteiger partial charge in [0.05, 0.1) is 11.4 Å². The molecule has 0 aliphatic carbocycles. The number of carbonyl (C=O) groups is 1. The van der Waals surface area contributed by atoms with E-state index in [0.717, 1.165) is 16.8 Å². The standard InChI is InChI=1S/C20H21N3O2/c1-12(2)23-20(25)17-8-6-5-7-16(17)18(22-23)19(24)21-15-10-13(3)9-14(4)11-15/h5-12H,1-4H3,(H,21,24). The Balaban J connectivity index is 2.12. The molecule has 0 unspecified atom stereocenters. The monoisotopic (exact) mass is 335 g/mol. The third-order valence-electron chi connectivity index (χ3n) is 4.01. The highest BCUT2D eigenvalue weighted by Gasteiger charge is 2.18. The van der Waals surface area contributed by atoms with Crippen molar-refractivity contribution in [2.45, 2.75) is 33.7 Å². The Kier molecular flexibility index (Phi) is 4.40. The van der Waals surface area contributed by atoms with Crippen LogP contribution in [0, 0.1) is 13.8 Å². The van der Waals surface area contributed by atoms with Crippen molar-refractivity contribution in [3.63, 3.8) is 0 Å². The van der Waals surface area contributed by atoms with E-state index in [1.54, 1.807) is 24.3 Å². The Morgan fingerprint density at radius 3 is 2.24 bits per heavy atom. The van der Waals surface area contributed by atoms with Crippen LogP contribution in [0.4, 0.5) is 5.69 Å². The van der Waals surface area contributed by atoms with Gasteiger partial charge in [-0.05, 0) is 57.0 Å². The first-order valence-electron chi connectivity index (χ1n) is 8.28. The number of fused-ring (bicyclic) bond motifs is 1. The quantitative estimate of drug-likeness (QED) is 0.791. The minimum atomic E-state index is -0.324. The van der Waals surface area contributed by atoms with Crippen LogP contribution < -0.4 is 10.9 Å². The van der Waals surface area contributed by atoms with Gasteiger partial charge in [0.25, 0.3) is 11.5 Å². The lowest BCUT2D eigenvalue weighted by Gasteiger charge is -2.14. The average molecular weight is 335 g/mol. The second kappa shape index (κ2) is 6.51. The molecule has 0 bridgehead atoms. The molecule has 0 radical (unpaired) electrons. The van der Waals surface area contributed by atoms with E-state index in [-0.39, 0.29) is 23.2 Å². The van der Waals surface area contributed by atoms with E-state index in [2.05, 4.69) is 10.4 Å².